The average Bonchev–Trinajstić information content (AvgIpc) is 3.05. The molecule has 0 aliphatic heterocycles. The van der Waals surface area contributed by atoms with Crippen molar-refractivity contribution in [2.75, 3.05) is 11.1 Å². The molecule has 0 aliphatic rings. The Balaban J connectivity index is 1.62. The number of benzene rings is 2. The van der Waals surface area contributed by atoms with Crippen LogP contribution < -0.4 is 5.32 Å². The highest BCUT2D eigenvalue weighted by atomic mass is 35.5. The molecule has 0 unspecified atom stereocenters. The van der Waals surface area contributed by atoms with Crippen LogP contribution in [0.2, 0.25) is 10.0 Å². The molecule has 1 heterocycles. The average molecular weight is 410 g/mol. The first-order valence-electron chi connectivity index (χ1n) is 7.66. The van der Waals surface area contributed by atoms with Crippen LogP contribution in [0.1, 0.15) is 5.56 Å². The zero-order chi connectivity index (χ0) is 18.5. The summed E-state index contributed by atoms with van der Waals surface area (Å²) in [6, 6.07) is 13.1. The molecule has 3 rings (SSSR count). The SMILES string of the molecule is O=C(CSc1ccc(F)cc1)Nc1ccnn1Cc1cccc(Cl)c1Cl. The summed E-state index contributed by atoms with van der Waals surface area (Å²) in [6.07, 6.45) is 1.60. The fourth-order valence-corrected chi connectivity index (χ4v) is 3.33. The number of hydrogen-bond acceptors (Lipinski definition) is 3. The van der Waals surface area contributed by atoms with E-state index in [0.717, 1.165) is 10.5 Å². The molecule has 0 bridgehead atoms. The van der Waals surface area contributed by atoms with Crippen LogP contribution in [0.4, 0.5) is 10.2 Å². The summed E-state index contributed by atoms with van der Waals surface area (Å²) in [4.78, 5) is 13.0. The summed E-state index contributed by atoms with van der Waals surface area (Å²) in [7, 11) is 0. The normalized spacial score (nSPS) is 10.7. The van der Waals surface area contributed by atoms with Gasteiger partial charge in [0.2, 0.25) is 5.91 Å². The van der Waals surface area contributed by atoms with E-state index in [2.05, 4.69) is 10.4 Å². The lowest BCUT2D eigenvalue weighted by atomic mass is 10.2. The minimum Gasteiger partial charge on any atom is -0.310 e. The standard InChI is InChI=1S/C18H14Cl2FN3OS/c19-15-3-1-2-12(18(15)20)10-24-16(8-9-22-24)23-17(25)11-26-14-6-4-13(21)5-7-14/h1-9H,10-11H2,(H,23,25). The number of carbonyl (C=O) groups excluding carboxylic acids is 1. The highest BCUT2D eigenvalue weighted by Gasteiger charge is 2.11. The molecule has 2 aromatic carbocycles. The van der Waals surface area contributed by atoms with Gasteiger partial charge in [-0.2, -0.15) is 5.10 Å². The molecule has 0 atom stereocenters. The summed E-state index contributed by atoms with van der Waals surface area (Å²) in [5.74, 6) is 0.278. The Kier molecular flexibility index (Phi) is 6.19. The molecule has 0 spiro atoms. The van der Waals surface area contributed by atoms with Crippen LogP contribution in [0.15, 0.2) is 59.6 Å². The van der Waals surface area contributed by atoms with Gasteiger partial charge in [-0.15, -0.1) is 11.8 Å². The minimum absolute atomic E-state index is 0.182. The van der Waals surface area contributed by atoms with E-state index < -0.39 is 0 Å². The Morgan fingerprint density at radius 1 is 1.15 bits per heavy atom. The molecule has 0 fully saturated rings. The lowest BCUT2D eigenvalue weighted by Gasteiger charge is -2.11. The van der Waals surface area contributed by atoms with Crippen molar-refractivity contribution in [1.29, 1.82) is 0 Å². The van der Waals surface area contributed by atoms with Crippen molar-refractivity contribution < 1.29 is 9.18 Å². The Bertz CT molecular complexity index is 915. The van der Waals surface area contributed by atoms with Crippen molar-refractivity contribution in [3.8, 4) is 0 Å². The topological polar surface area (TPSA) is 46.9 Å². The maximum absolute atomic E-state index is 12.9. The number of halogens is 3. The molecule has 1 amide bonds. The molecule has 0 aliphatic carbocycles. The van der Waals surface area contributed by atoms with E-state index in [1.54, 1.807) is 35.1 Å². The Labute approximate surface area is 164 Å². The van der Waals surface area contributed by atoms with E-state index in [-0.39, 0.29) is 17.5 Å². The van der Waals surface area contributed by atoms with Gasteiger partial charge in [0.15, 0.2) is 0 Å². The molecule has 0 saturated carbocycles. The van der Waals surface area contributed by atoms with E-state index in [1.165, 1.54) is 23.9 Å². The van der Waals surface area contributed by atoms with E-state index >= 15 is 0 Å². The summed E-state index contributed by atoms with van der Waals surface area (Å²) < 4.78 is 14.5. The van der Waals surface area contributed by atoms with Crippen molar-refractivity contribution in [2.45, 2.75) is 11.4 Å². The van der Waals surface area contributed by atoms with Gasteiger partial charge in [-0.3, -0.25) is 4.79 Å². The van der Waals surface area contributed by atoms with Crippen LogP contribution in [0.3, 0.4) is 0 Å². The number of aromatic nitrogens is 2. The van der Waals surface area contributed by atoms with Crippen molar-refractivity contribution >= 4 is 46.7 Å². The molecule has 1 N–H and O–H groups in total. The second-order valence-corrected chi connectivity index (χ2v) is 7.21. The molecule has 8 heteroatoms. The molecular formula is C18H14Cl2FN3OS. The van der Waals surface area contributed by atoms with Gasteiger partial charge >= 0.3 is 0 Å². The lowest BCUT2D eigenvalue weighted by molar-refractivity contribution is -0.113. The first-order chi connectivity index (χ1) is 12.5. The number of carbonyl (C=O) groups is 1. The lowest BCUT2D eigenvalue weighted by Crippen LogP contribution is -2.17. The molecule has 134 valence electrons. The number of thioether (sulfide) groups is 1. The van der Waals surface area contributed by atoms with Crippen molar-refractivity contribution in [3.05, 3.63) is 76.2 Å². The van der Waals surface area contributed by atoms with Crippen LogP contribution >= 0.6 is 35.0 Å². The number of amides is 1. The van der Waals surface area contributed by atoms with Gasteiger partial charge in [-0.1, -0.05) is 35.3 Å². The molecule has 0 radical (unpaired) electrons. The smallest absolute Gasteiger partial charge is 0.235 e. The summed E-state index contributed by atoms with van der Waals surface area (Å²) in [5.41, 5.74) is 0.805. The van der Waals surface area contributed by atoms with E-state index in [0.29, 0.717) is 22.4 Å². The Morgan fingerprint density at radius 2 is 1.92 bits per heavy atom. The predicted molar refractivity (Wildman–Crippen MR) is 104 cm³/mol. The van der Waals surface area contributed by atoms with E-state index in [1.807, 2.05) is 12.1 Å². The van der Waals surface area contributed by atoms with E-state index in [9.17, 15) is 9.18 Å². The monoisotopic (exact) mass is 409 g/mol. The molecule has 3 aromatic rings. The largest absolute Gasteiger partial charge is 0.310 e. The number of rotatable bonds is 6. The highest BCUT2D eigenvalue weighted by molar-refractivity contribution is 8.00. The zero-order valence-corrected chi connectivity index (χ0v) is 15.8. The van der Waals surface area contributed by atoms with Gasteiger partial charge in [-0.25, -0.2) is 9.07 Å². The summed E-state index contributed by atoms with van der Waals surface area (Å²) in [5, 5.41) is 7.97. The summed E-state index contributed by atoms with van der Waals surface area (Å²) in [6.45, 7) is 0.382. The minimum atomic E-state index is -0.303. The first-order valence-corrected chi connectivity index (χ1v) is 9.40. The van der Waals surface area contributed by atoms with Crippen molar-refractivity contribution in [2.24, 2.45) is 0 Å². The molecule has 1 aromatic heterocycles. The second kappa shape index (κ2) is 8.58. The third kappa shape index (κ3) is 4.78. The number of anilines is 1. The van der Waals surface area contributed by atoms with Gasteiger partial charge < -0.3 is 5.32 Å². The van der Waals surface area contributed by atoms with Crippen LogP contribution in [0, 0.1) is 5.82 Å². The Hall–Kier alpha value is -2.02. The predicted octanol–water partition coefficient (Wildman–Crippen LogP) is 5.11. The molecule has 4 nitrogen and oxygen atoms in total. The van der Waals surface area contributed by atoms with Gasteiger partial charge in [0.05, 0.1) is 28.5 Å². The van der Waals surface area contributed by atoms with Gasteiger partial charge in [0.1, 0.15) is 11.6 Å². The first kappa shape index (κ1) is 18.8. The Morgan fingerprint density at radius 3 is 2.69 bits per heavy atom. The molecular weight excluding hydrogens is 396 g/mol. The van der Waals surface area contributed by atoms with Gasteiger partial charge in [-0.05, 0) is 35.9 Å². The highest BCUT2D eigenvalue weighted by Crippen LogP contribution is 2.26. The van der Waals surface area contributed by atoms with Crippen LogP contribution in [-0.4, -0.2) is 21.4 Å². The van der Waals surface area contributed by atoms with Crippen LogP contribution in [0.25, 0.3) is 0 Å². The maximum Gasteiger partial charge on any atom is 0.235 e. The third-order valence-corrected chi connectivity index (χ3v) is 5.39. The number of hydrogen-bond donors (Lipinski definition) is 1. The quantitative estimate of drug-likeness (QED) is 0.575. The van der Waals surface area contributed by atoms with Crippen molar-refractivity contribution in [1.82, 2.24) is 9.78 Å². The van der Waals surface area contributed by atoms with Gasteiger partial charge in [0.25, 0.3) is 0 Å². The zero-order valence-electron chi connectivity index (χ0n) is 13.5. The van der Waals surface area contributed by atoms with Gasteiger partial charge in [0, 0.05) is 11.0 Å². The van der Waals surface area contributed by atoms with E-state index in [4.69, 9.17) is 23.2 Å². The molecule has 26 heavy (non-hydrogen) atoms. The molecule has 0 saturated heterocycles. The second-order valence-electron chi connectivity index (χ2n) is 5.38. The van der Waals surface area contributed by atoms with Crippen LogP contribution in [0.5, 0.6) is 0 Å². The fourth-order valence-electron chi connectivity index (χ4n) is 2.26. The van der Waals surface area contributed by atoms with Crippen molar-refractivity contribution in [3.63, 3.8) is 0 Å². The fraction of sp³-hybridized carbons (Fsp3) is 0.111. The van der Waals surface area contributed by atoms with Crippen LogP contribution in [-0.2, 0) is 11.3 Å². The third-order valence-electron chi connectivity index (χ3n) is 3.52. The number of nitrogens with zero attached hydrogens (tertiary/aromatic N) is 2. The maximum atomic E-state index is 12.9. The number of nitrogens with one attached hydrogen (secondary N) is 1. The summed E-state index contributed by atoms with van der Waals surface area (Å²) >= 11 is 13.6.